The van der Waals surface area contributed by atoms with Crippen LogP contribution in [0.25, 0.3) is 0 Å². The van der Waals surface area contributed by atoms with Crippen molar-refractivity contribution >= 4 is 11.7 Å². The molecular formula is C17H19NO2. The van der Waals surface area contributed by atoms with Crippen LogP contribution in [0.5, 0.6) is 0 Å². The molecule has 0 saturated heterocycles. The number of hydrogen-bond donors (Lipinski definition) is 2. The van der Waals surface area contributed by atoms with Gasteiger partial charge in [0, 0.05) is 5.69 Å². The average molecular weight is 269 g/mol. The van der Waals surface area contributed by atoms with E-state index in [-0.39, 0.29) is 0 Å². The highest BCUT2D eigenvalue weighted by Crippen LogP contribution is 2.25. The van der Waals surface area contributed by atoms with E-state index in [1.54, 1.807) is 0 Å². The summed E-state index contributed by atoms with van der Waals surface area (Å²) in [6.07, 6.45) is 0. The summed E-state index contributed by atoms with van der Waals surface area (Å²) in [5.41, 5.74) is 4.79. The molecule has 0 aromatic heterocycles. The molecule has 0 heterocycles. The topological polar surface area (TPSA) is 49.3 Å². The van der Waals surface area contributed by atoms with Crippen LogP contribution < -0.4 is 5.32 Å². The minimum Gasteiger partial charge on any atom is -0.479 e. The fraction of sp³-hybridized carbons (Fsp3) is 0.235. The van der Waals surface area contributed by atoms with Crippen molar-refractivity contribution in [2.24, 2.45) is 0 Å². The Morgan fingerprint density at radius 3 is 2.35 bits per heavy atom. The molecule has 3 heteroatoms. The molecule has 20 heavy (non-hydrogen) atoms. The molecule has 1 unspecified atom stereocenters. The number of carboxylic acid groups (broad SMARTS) is 1. The number of anilines is 1. The van der Waals surface area contributed by atoms with E-state index < -0.39 is 12.0 Å². The van der Waals surface area contributed by atoms with Crippen molar-refractivity contribution in [1.82, 2.24) is 0 Å². The molecule has 2 N–H and O–H groups in total. The minimum atomic E-state index is -0.875. The Hall–Kier alpha value is -2.29. The molecule has 0 aliphatic heterocycles. The molecule has 1 atom stereocenters. The van der Waals surface area contributed by atoms with E-state index in [2.05, 4.69) is 5.32 Å². The van der Waals surface area contributed by atoms with Gasteiger partial charge in [-0.25, -0.2) is 4.79 Å². The van der Waals surface area contributed by atoms with Gasteiger partial charge in [-0.3, -0.25) is 0 Å². The van der Waals surface area contributed by atoms with Crippen molar-refractivity contribution < 1.29 is 9.90 Å². The zero-order valence-electron chi connectivity index (χ0n) is 12.0. The first-order chi connectivity index (χ1) is 9.49. The third-order valence-electron chi connectivity index (χ3n) is 3.43. The maximum absolute atomic E-state index is 11.6. The van der Waals surface area contributed by atoms with Gasteiger partial charge in [-0.1, -0.05) is 42.0 Å². The highest BCUT2D eigenvalue weighted by Gasteiger charge is 2.21. The Morgan fingerprint density at radius 1 is 1.05 bits per heavy atom. The van der Waals surface area contributed by atoms with E-state index in [0.29, 0.717) is 0 Å². The molecule has 2 aromatic carbocycles. The number of nitrogens with one attached hydrogen (secondary N) is 1. The normalized spacial score (nSPS) is 11.9. The van der Waals surface area contributed by atoms with Crippen LogP contribution in [0.1, 0.15) is 28.3 Å². The predicted molar refractivity (Wildman–Crippen MR) is 81.1 cm³/mol. The minimum absolute atomic E-state index is 0.739. The van der Waals surface area contributed by atoms with Crippen molar-refractivity contribution in [3.63, 3.8) is 0 Å². The van der Waals surface area contributed by atoms with Crippen molar-refractivity contribution in [3.05, 3.63) is 64.7 Å². The van der Waals surface area contributed by atoms with Crippen LogP contribution in [0.4, 0.5) is 5.69 Å². The largest absolute Gasteiger partial charge is 0.479 e. The molecule has 0 amide bonds. The van der Waals surface area contributed by atoms with Gasteiger partial charge >= 0.3 is 5.97 Å². The van der Waals surface area contributed by atoms with Gasteiger partial charge in [-0.15, -0.1) is 0 Å². The van der Waals surface area contributed by atoms with E-state index in [9.17, 15) is 9.90 Å². The second kappa shape index (κ2) is 5.78. The summed E-state index contributed by atoms with van der Waals surface area (Å²) in [4.78, 5) is 11.6. The van der Waals surface area contributed by atoms with E-state index in [1.165, 1.54) is 0 Å². The first-order valence-corrected chi connectivity index (χ1v) is 6.61. The molecular weight excluding hydrogens is 250 g/mol. The number of carboxylic acids is 1. The Balaban J connectivity index is 2.37. The van der Waals surface area contributed by atoms with Gasteiger partial charge in [0.15, 0.2) is 6.04 Å². The quantitative estimate of drug-likeness (QED) is 0.886. The summed E-state index contributed by atoms with van der Waals surface area (Å²) in [7, 11) is 0. The number of carbonyl (C=O) groups is 1. The van der Waals surface area contributed by atoms with Gasteiger partial charge < -0.3 is 10.4 Å². The molecule has 0 bridgehead atoms. The van der Waals surface area contributed by atoms with Crippen LogP contribution in [0.2, 0.25) is 0 Å². The summed E-state index contributed by atoms with van der Waals surface area (Å²) < 4.78 is 0. The number of rotatable bonds is 4. The predicted octanol–water partition coefficient (Wildman–Crippen LogP) is 3.85. The fourth-order valence-corrected chi connectivity index (χ4v) is 2.31. The maximum Gasteiger partial charge on any atom is 0.330 e. The third-order valence-corrected chi connectivity index (χ3v) is 3.43. The Kier molecular flexibility index (Phi) is 4.08. The lowest BCUT2D eigenvalue weighted by Gasteiger charge is -2.19. The van der Waals surface area contributed by atoms with Crippen molar-refractivity contribution in [3.8, 4) is 0 Å². The van der Waals surface area contributed by atoms with Gasteiger partial charge in [0.1, 0.15) is 0 Å². The summed E-state index contributed by atoms with van der Waals surface area (Å²) >= 11 is 0. The standard InChI is InChI=1S/C17H19NO2/c1-11-8-9-14(13(3)10-11)16(17(19)20)18-15-7-5-4-6-12(15)2/h4-10,16,18H,1-3H3,(H,19,20). The molecule has 2 rings (SSSR count). The molecule has 0 fully saturated rings. The number of aliphatic carboxylic acids is 1. The second-order valence-corrected chi connectivity index (χ2v) is 5.09. The third kappa shape index (κ3) is 2.99. The molecule has 2 aromatic rings. The zero-order valence-corrected chi connectivity index (χ0v) is 12.0. The number of hydrogen-bond acceptors (Lipinski definition) is 2. The first-order valence-electron chi connectivity index (χ1n) is 6.61. The zero-order chi connectivity index (χ0) is 14.7. The number of benzene rings is 2. The van der Waals surface area contributed by atoms with E-state index in [4.69, 9.17) is 0 Å². The summed E-state index contributed by atoms with van der Waals surface area (Å²) in [5, 5.41) is 12.6. The second-order valence-electron chi connectivity index (χ2n) is 5.09. The van der Waals surface area contributed by atoms with Crippen LogP contribution in [0.15, 0.2) is 42.5 Å². The molecule has 3 nitrogen and oxygen atoms in total. The van der Waals surface area contributed by atoms with E-state index in [0.717, 1.165) is 27.9 Å². The smallest absolute Gasteiger partial charge is 0.330 e. The lowest BCUT2D eigenvalue weighted by molar-refractivity contribution is -0.138. The maximum atomic E-state index is 11.6. The highest BCUT2D eigenvalue weighted by atomic mass is 16.4. The molecule has 0 aliphatic carbocycles. The van der Waals surface area contributed by atoms with E-state index >= 15 is 0 Å². The molecule has 0 radical (unpaired) electrons. The molecule has 0 spiro atoms. The van der Waals surface area contributed by atoms with E-state index in [1.807, 2.05) is 63.2 Å². The fourth-order valence-electron chi connectivity index (χ4n) is 2.31. The molecule has 0 aliphatic rings. The summed E-state index contributed by atoms with van der Waals surface area (Å²) in [6.45, 7) is 5.91. The highest BCUT2D eigenvalue weighted by molar-refractivity contribution is 5.80. The van der Waals surface area contributed by atoms with Gasteiger partial charge in [0.05, 0.1) is 0 Å². The first kappa shape index (κ1) is 14.1. The lowest BCUT2D eigenvalue weighted by atomic mass is 9.98. The monoisotopic (exact) mass is 269 g/mol. The summed E-state index contributed by atoms with van der Waals surface area (Å²) in [5.74, 6) is -0.875. The lowest BCUT2D eigenvalue weighted by Crippen LogP contribution is -2.21. The Morgan fingerprint density at radius 2 is 1.75 bits per heavy atom. The number of aryl methyl sites for hydroxylation is 3. The van der Waals surface area contributed by atoms with Gasteiger partial charge in [-0.05, 0) is 43.5 Å². The van der Waals surface area contributed by atoms with Crippen LogP contribution in [0, 0.1) is 20.8 Å². The molecule has 104 valence electrons. The van der Waals surface area contributed by atoms with Gasteiger partial charge in [0.25, 0.3) is 0 Å². The van der Waals surface area contributed by atoms with Crippen LogP contribution >= 0.6 is 0 Å². The number of para-hydroxylation sites is 1. The van der Waals surface area contributed by atoms with Crippen LogP contribution in [-0.2, 0) is 4.79 Å². The Labute approximate surface area is 119 Å². The summed E-state index contributed by atoms with van der Waals surface area (Å²) in [6, 6.07) is 12.8. The molecule has 0 saturated carbocycles. The van der Waals surface area contributed by atoms with Crippen molar-refractivity contribution in [2.75, 3.05) is 5.32 Å². The van der Waals surface area contributed by atoms with Crippen LogP contribution in [-0.4, -0.2) is 11.1 Å². The van der Waals surface area contributed by atoms with Crippen molar-refractivity contribution in [1.29, 1.82) is 0 Å². The van der Waals surface area contributed by atoms with Gasteiger partial charge in [0.2, 0.25) is 0 Å². The van der Waals surface area contributed by atoms with Gasteiger partial charge in [-0.2, -0.15) is 0 Å². The Bertz CT molecular complexity index is 635. The SMILES string of the molecule is Cc1ccc(C(Nc2ccccc2C)C(=O)O)c(C)c1. The average Bonchev–Trinajstić information content (AvgIpc) is 2.38. The van der Waals surface area contributed by atoms with Crippen LogP contribution in [0.3, 0.4) is 0 Å². The van der Waals surface area contributed by atoms with Crippen molar-refractivity contribution in [2.45, 2.75) is 26.8 Å².